The van der Waals surface area contributed by atoms with E-state index in [0.717, 1.165) is 0 Å². The Labute approximate surface area is 169 Å². The first-order valence-electron chi connectivity index (χ1n) is 8.73. The van der Waals surface area contributed by atoms with Gasteiger partial charge >= 0.3 is 12.1 Å². The van der Waals surface area contributed by atoms with Gasteiger partial charge in [-0.25, -0.2) is 4.79 Å². The molecule has 3 amide bonds. The Balaban J connectivity index is 4.62. The van der Waals surface area contributed by atoms with Crippen molar-refractivity contribution in [3.05, 3.63) is 0 Å². The Kier molecular flexibility index (Phi) is 12.4. The Bertz CT molecular complexity index is 585. The van der Waals surface area contributed by atoms with Gasteiger partial charge in [0.1, 0.15) is 24.7 Å². The highest BCUT2D eigenvalue weighted by atomic mass is 32.2. The molecule has 0 fully saturated rings. The van der Waals surface area contributed by atoms with Gasteiger partial charge in [0.2, 0.25) is 11.8 Å². The lowest BCUT2D eigenvalue weighted by molar-refractivity contribution is -0.143. The average Bonchev–Trinajstić information content (AvgIpc) is 2.59. The number of esters is 1. The third kappa shape index (κ3) is 13.7. The number of ether oxygens (including phenoxy) is 2. The fraction of sp³-hybridized carbons (Fsp3) is 0.706. The third-order valence-corrected chi connectivity index (χ3v) is 3.86. The molecule has 3 N–H and O–H groups in total. The second-order valence-electron chi connectivity index (χ2n) is 6.48. The van der Waals surface area contributed by atoms with Crippen molar-refractivity contribution in [2.24, 2.45) is 0 Å². The lowest BCUT2D eigenvalue weighted by Gasteiger charge is -2.20. The molecular weight excluding hydrogens is 388 g/mol. The molecule has 28 heavy (non-hydrogen) atoms. The standard InChI is InChI=1S/C17H28N4O6S/c1-5-26-14(23)10-19-15(24)12(11-28-8-6-7-18)21-13(22)9-20-16(25)27-17(2,3)4/h12H,5-6,8-11H2,1-4H3,(H,19,24)(H,20,25)(H,21,22). The molecule has 1 unspecified atom stereocenters. The summed E-state index contributed by atoms with van der Waals surface area (Å²) in [5.41, 5.74) is -0.701. The van der Waals surface area contributed by atoms with Gasteiger partial charge in [-0.1, -0.05) is 0 Å². The van der Waals surface area contributed by atoms with E-state index in [2.05, 4.69) is 16.0 Å². The highest BCUT2D eigenvalue weighted by molar-refractivity contribution is 7.99. The minimum Gasteiger partial charge on any atom is -0.465 e. The first-order valence-corrected chi connectivity index (χ1v) is 9.88. The molecule has 0 rings (SSSR count). The number of nitrogens with one attached hydrogen (secondary N) is 3. The predicted molar refractivity (Wildman–Crippen MR) is 103 cm³/mol. The van der Waals surface area contributed by atoms with E-state index in [0.29, 0.717) is 12.2 Å². The number of hydrogen-bond acceptors (Lipinski definition) is 8. The van der Waals surface area contributed by atoms with Crippen LogP contribution in [0.2, 0.25) is 0 Å². The smallest absolute Gasteiger partial charge is 0.408 e. The fourth-order valence-corrected chi connectivity index (χ4v) is 2.58. The van der Waals surface area contributed by atoms with Crippen molar-refractivity contribution >= 4 is 35.6 Å². The summed E-state index contributed by atoms with van der Waals surface area (Å²) in [5, 5.41) is 15.7. The molecule has 0 aromatic carbocycles. The van der Waals surface area contributed by atoms with Crippen LogP contribution in [0.4, 0.5) is 4.79 Å². The van der Waals surface area contributed by atoms with E-state index in [1.807, 2.05) is 6.07 Å². The molecule has 0 radical (unpaired) electrons. The summed E-state index contributed by atoms with van der Waals surface area (Å²) in [7, 11) is 0. The van der Waals surface area contributed by atoms with Crippen molar-refractivity contribution in [2.45, 2.75) is 45.8 Å². The molecule has 0 heterocycles. The Hall–Kier alpha value is -2.48. The van der Waals surface area contributed by atoms with Gasteiger partial charge in [-0.15, -0.1) is 0 Å². The van der Waals surface area contributed by atoms with E-state index >= 15 is 0 Å². The third-order valence-electron chi connectivity index (χ3n) is 2.80. The van der Waals surface area contributed by atoms with Gasteiger partial charge in [-0.2, -0.15) is 17.0 Å². The molecule has 0 aliphatic heterocycles. The monoisotopic (exact) mass is 416 g/mol. The summed E-state index contributed by atoms with van der Waals surface area (Å²) in [6.07, 6.45) is -0.454. The highest BCUT2D eigenvalue weighted by Crippen LogP contribution is 2.07. The van der Waals surface area contributed by atoms with Crippen LogP contribution >= 0.6 is 11.8 Å². The van der Waals surface area contributed by atoms with Crippen LogP contribution in [0, 0.1) is 11.3 Å². The molecule has 0 aromatic rings. The first-order chi connectivity index (χ1) is 13.1. The molecule has 10 nitrogen and oxygen atoms in total. The van der Waals surface area contributed by atoms with Crippen LogP contribution in [0.25, 0.3) is 0 Å². The van der Waals surface area contributed by atoms with Gasteiger partial charge in [0.05, 0.1) is 12.7 Å². The lowest BCUT2D eigenvalue weighted by atomic mass is 10.2. The maximum Gasteiger partial charge on any atom is 0.408 e. The van der Waals surface area contributed by atoms with Crippen LogP contribution in [0.15, 0.2) is 0 Å². The van der Waals surface area contributed by atoms with Crippen molar-refractivity contribution in [1.29, 1.82) is 5.26 Å². The number of amides is 3. The highest BCUT2D eigenvalue weighted by Gasteiger charge is 2.22. The lowest BCUT2D eigenvalue weighted by Crippen LogP contribution is -2.51. The number of hydrogen-bond donors (Lipinski definition) is 3. The molecule has 1 atom stereocenters. The van der Waals surface area contributed by atoms with Crippen LogP contribution in [0.5, 0.6) is 0 Å². The summed E-state index contributed by atoms with van der Waals surface area (Å²) < 4.78 is 9.75. The first kappa shape index (κ1) is 25.5. The van der Waals surface area contributed by atoms with Crippen molar-refractivity contribution in [2.75, 3.05) is 31.2 Å². The maximum atomic E-state index is 12.3. The van der Waals surface area contributed by atoms with E-state index in [4.69, 9.17) is 14.7 Å². The predicted octanol–water partition coefficient (Wildman–Crippen LogP) is 0.322. The van der Waals surface area contributed by atoms with Crippen LogP contribution < -0.4 is 16.0 Å². The minimum atomic E-state index is -0.939. The molecule has 0 saturated carbocycles. The van der Waals surface area contributed by atoms with Gasteiger partial charge in [0, 0.05) is 17.9 Å². The van der Waals surface area contributed by atoms with E-state index in [-0.39, 0.29) is 25.4 Å². The number of alkyl carbamates (subject to hydrolysis) is 1. The van der Waals surface area contributed by atoms with Gasteiger partial charge in [0.25, 0.3) is 0 Å². The van der Waals surface area contributed by atoms with E-state index in [1.54, 1.807) is 27.7 Å². The Morgan fingerprint density at radius 1 is 1.14 bits per heavy atom. The summed E-state index contributed by atoms with van der Waals surface area (Å²) in [6, 6.07) is 1.05. The maximum absolute atomic E-state index is 12.3. The number of carbonyl (C=O) groups excluding carboxylic acids is 4. The number of nitriles is 1. The fourth-order valence-electron chi connectivity index (χ4n) is 1.71. The van der Waals surface area contributed by atoms with Gasteiger partial charge in [-0.3, -0.25) is 14.4 Å². The van der Waals surface area contributed by atoms with Crippen molar-refractivity contribution < 1.29 is 28.7 Å². The largest absolute Gasteiger partial charge is 0.465 e. The number of carbonyl (C=O) groups is 4. The van der Waals surface area contributed by atoms with Crippen LogP contribution in [0.3, 0.4) is 0 Å². The summed E-state index contributed by atoms with van der Waals surface area (Å²) in [4.78, 5) is 47.2. The molecule has 0 bridgehead atoms. The van der Waals surface area contributed by atoms with Gasteiger partial charge in [-0.05, 0) is 27.7 Å². The average molecular weight is 417 g/mol. The van der Waals surface area contributed by atoms with Crippen molar-refractivity contribution in [3.8, 4) is 6.07 Å². The SMILES string of the molecule is CCOC(=O)CNC(=O)C(CSCCC#N)NC(=O)CNC(=O)OC(C)(C)C. The quantitative estimate of drug-likeness (QED) is 0.322. The van der Waals surface area contributed by atoms with Crippen LogP contribution in [-0.2, 0) is 23.9 Å². The molecule has 0 aliphatic rings. The van der Waals surface area contributed by atoms with Crippen molar-refractivity contribution in [3.63, 3.8) is 0 Å². The molecule has 11 heteroatoms. The Morgan fingerprint density at radius 2 is 1.82 bits per heavy atom. The number of nitrogens with zero attached hydrogens (tertiary/aromatic N) is 1. The normalized spacial score (nSPS) is 11.5. The van der Waals surface area contributed by atoms with E-state index in [9.17, 15) is 19.2 Å². The zero-order valence-corrected chi connectivity index (χ0v) is 17.4. The topological polar surface area (TPSA) is 147 Å². The summed E-state index contributed by atoms with van der Waals surface area (Å²) in [5.74, 6) is -1.06. The molecule has 158 valence electrons. The Morgan fingerprint density at radius 3 is 2.39 bits per heavy atom. The second-order valence-corrected chi connectivity index (χ2v) is 7.63. The number of rotatable bonds is 11. The summed E-state index contributed by atoms with van der Waals surface area (Å²) in [6.45, 7) is 6.21. The zero-order valence-electron chi connectivity index (χ0n) is 16.6. The molecular formula is C17H28N4O6S. The van der Waals surface area contributed by atoms with Gasteiger partial charge in [0.15, 0.2) is 0 Å². The van der Waals surface area contributed by atoms with E-state index < -0.39 is 35.5 Å². The minimum absolute atomic E-state index is 0.190. The molecule has 0 aliphatic carbocycles. The zero-order chi connectivity index (χ0) is 21.6. The molecule has 0 spiro atoms. The van der Waals surface area contributed by atoms with Crippen molar-refractivity contribution in [1.82, 2.24) is 16.0 Å². The van der Waals surface area contributed by atoms with Crippen LogP contribution in [-0.4, -0.2) is 66.7 Å². The van der Waals surface area contributed by atoms with Gasteiger partial charge < -0.3 is 25.4 Å². The van der Waals surface area contributed by atoms with Crippen LogP contribution in [0.1, 0.15) is 34.1 Å². The summed E-state index contributed by atoms with van der Waals surface area (Å²) >= 11 is 1.31. The molecule has 0 aromatic heterocycles. The second kappa shape index (κ2) is 13.7. The molecule has 0 saturated heterocycles. The van der Waals surface area contributed by atoms with E-state index in [1.165, 1.54) is 11.8 Å². The number of thioether (sulfide) groups is 1.